The van der Waals surface area contributed by atoms with Gasteiger partial charge in [0.15, 0.2) is 0 Å². The highest BCUT2D eigenvalue weighted by Gasteiger charge is 1.99. The molecule has 0 aromatic carbocycles. The minimum absolute atomic E-state index is 0.230. The highest BCUT2D eigenvalue weighted by Crippen LogP contribution is 2.05. The lowest BCUT2D eigenvalue weighted by atomic mass is 10.1. The van der Waals surface area contributed by atoms with Gasteiger partial charge in [0.05, 0.1) is 6.10 Å². The second-order valence-corrected chi connectivity index (χ2v) is 2.75. The molecule has 1 atom stereocenters. The van der Waals surface area contributed by atoms with Crippen LogP contribution in [0.1, 0.15) is 32.1 Å². The average molecular weight is 158 g/mol. The molecule has 0 heterocycles. The average Bonchev–Trinajstić information content (AvgIpc) is 1.99. The SMILES string of the molecule is C=CCC(O)CCCCCO. The van der Waals surface area contributed by atoms with Gasteiger partial charge in [-0.3, -0.25) is 0 Å². The van der Waals surface area contributed by atoms with Crippen LogP contribution in [0.15, 0.2) is 12.7 Å². The van der Waals surface area contributed by atoms with Gasteiger partial charge in [0.1, 0.15) is 0 Å². The Kier molecular flexibility index (Phi) is 7.52. The zero-order valence-corrected chi connectivity index (χ0v) is 7.00. The van der Waals surface area contributed by atoms with Gasteiger partial charge in [-0.2, -0.15) is 0 Å². The molecule has 0 spiro atoms. The molecule has 0 rings (SSSR count). The Morgan fingerprint density at radius 1 is 1.27 bits per heavy atom. The first-order valence-corrected chi connectivity index (χ1v) is 4.21. The summed E-state index contributed by atoms with van der Waals surface area (Å²) in [6.07, 6.45) is 5.86. The monoisotopic (exact) mass is 158 g/mol. The van der Waals surface area contributed by atoms with E-state index in [1.54, 1.807) is 6.08 Å². The highest BCUT2D eigenvalue weighted by atomic mass is 16.3. The Hall–Kier alpha value is -0.340. The number of aliphatic hydroxyl groups excluding tert-OH is 2. The Morgan fingerprint density at radius 2 is 2.00 bits per heavy atom. The van der Waals surface area contributed by atoms with Gasteiger partial charge in [0.25, 0.3) is 0 Å². The van der Waals surface area contributed by atoms with Crippen molar-refractivity contribution in [1.82, 2.24) is 0 Å². The van der Waals surface area contributed by atoms with Crippen molar-refractivity contribution in [1.29, 1.82) is 0 Å². The van der Waals surface area contributed by atoms with Gasteiger partial charge in [-0.25, -0.2) is 0 Å². The van der Waals surface area contributed by atoms with E-state index in [0.717, 1.165) is 25.7 Å². The lowest BCUT2D eigenvalue weighted by Crippen LogP contribution is -2.04. The third-order valence-corrected chi connectivity index (χ3v) is 1.63. The zero-order chi connectivity index (χ0) is 8.53. The third kappa shape index (κ3) is 7.56. The minimum Gasteiger partial charge on any atom is -0.396 e. The van der Waals surface area contributed by atoms with Crippen LogP contribution in [0.25, 0.3) is 0 Å². The quantitative estimate of drug-likeness (QED) is 0.435. The van der Waals surface area contributed by atoms with E-state index in [1.165, 1.54) is 0 Å². The summed E-state index contributed by atoms with van der Waals surface area (Å²) in [4.78, 5) is 0. The van der Waals surface area contributed by atoms with Crippen molar-refractivity contribution in [2.24, 2.45) is 0 Å². The molecule has 0 saturated heterocycles. The summed E-state index contributed by atoms with van der Waals surface area (Å²) in [5.41, 5.74) is 0. The van der Waals surface area contributed by atoms with Crippen LogP contribution in [-0.4, -0.2) is 22.9 Å². The summed E-state index contributed by atoms with van der Waals surface area (Å²) in [6.45, 7) is 3.81. The fourth-order valence-electron chi connectivity index (χ4n) is 0.979. The summed E-state index contributed by atoms with van der Waals surface area (Å²) in [6, 6.07) is 0. The highest BCUT2D eigenvalue weighted by molar-refractivity contribution is 4.71. The molecule has 0 aliphatic carbocycles. The lowest BCUT2D eigenvalue weighted by molar-refractivity contribution is 0.162. The molecule has 66 valence electrons. The molecule has 0 fully saturated rings. The summed E-state index contributed by atoms with van der Waals surface area (Å²) < 4.78 is 0. The molecule has 0 aliphatic rings. The minimum atomic E-state index is -0.230. The van der Waals surface area contributed by atoms with E-state index in [-0.39, 0.29) is 12.7 Å². The van der Waals surface area contributed by atoms with Crippen LogP contribution < -0.4 is 0 Å². The van der Waals surface area contributed by atoms with Gasteiger partial charge in [-0.15, -0.1) is 6.58 Å². The molecule has 0 aromatic rings. The van der Waals surface area contributed by atoms with Crippen molar-refractivity contribution in [2.45, 2.75) is 38.2 Å². The largest absolute Gasteiger partial charge is 0.396 e. The van der Waals surface area contributed by atoms with Crippen molar-refractivity contribution in [3.63, 3.8) is 0 Å². The molecular weight excluding hydrogens is 140 g/mol. The molecule has 2 nitrogen and oxygen atoms in total. The maximum Gasteiger partial charge on any atom is 0.0574 e. The summed E-state index contributed by atoms with van der Waals surface area (Å²) in [5.74, 6) is 0. The fourth-order valence-corrected chi connectivity index (χ4v) is 0.979. The van der Waals surface area contributed by atoms with Gasteiger partial charge in [0.2, 0.25) is 0 Å². The molecule has 0 bridgehead atoms. The molecule has 11 heavy (non-hydrogen) atoms. The molecule has 0 radical (unpaired) electrons. The molecule has 0 saturated carbocycles. The standard InChI is InChI=1S/C9H18O2/c1-2-6-9(11)7-4-3-5-8-10/h2,9-11H,1,3-8H2. The normalized spacial score (nSPS) is 12.9. The number of hydrogen-bond acceptors (Lipinski definition) is 2. The van der Waals surface area contributed by atoms with Crippen molar-refractivity contribution < 1.29 is 10.2 Å². The number of aliphatic hydroxyl groups is 2. The first-order valence-electron chi connectivity index (χ1n) is 4.21. The van der Waals surface area contributed by atoms with Crippen LogP contribution in [0.2, 0.25) is 0 Å². The van der Waals surface area contributed by atoms with Crippen LogP contribution >= 0.6 is 0 Å². The van der Waals surface area contributed by atoms with Crippen molar-refractivity contribution in [2.75, 3.05) is 6.61 Å². The number of hydrogen-bond donors (Lipinski definition) is 2. The Bertz CT molecular complexity index is 91.6. The van der Waals surface area contributed by atoms with E-state index < -0.39 is 0 Å². The van der Waals surface area contributed by atoms with E-state index in [1.807, 2.05) is 0 Å². The Morgan fingerprint density at radius 3 is 2.55 bits per heavy atom. The smallest absolute Gasteiger partial charge is 0.0574 e. The van der Waals surface area contributed by atoms with Crippen LogP contribution in [0.5, 0.6) is 0 Å². The van der Waals surface area contributed by atoms with Crippen LogP contribution in [-0.2, 0) is 0 Å². The second kappa shape index (κ2) is 7.76. The van der Waals surface area contributed by atoms with Crippen molar-refractivity contribution in [3.05, 3.63) is 12.7 Å². The predicted octanol–water partition coefficient (Wildman–Crippen LogP) is 1.48. The third-order valence-electron chi connectivity index (χ3n) is 1.63. The van der Waals surface area contributed by atoms with Crippen molar-refractivity contribution >= 4 is 0 Å². The molecule has 1 unspecified atom stereocenters. The summed E-state index contributed by atoms with van der Waals surface area (Å²) in [5, 5.41) is 17.7. The molecule has 2 N–H and O–H groups in total. The van der Waals surface area contributed by atoms with E-state index in [2.05, 4.69) is 6.58 Å². The van der Waals surface area contributed by atoms with Gasteiger partial charge in [0, 0.05) is 6.61 Å². The molecular formula is C9H18O2. The number of unbranched alkanes of at least 4 members (excludes halogenated alkanes) is 2. The van der Waals surface area contributed by atoms with Gasteiger partial charge in [-0.1, -0.05) is 18.9 Å². The van der Waals surface area contributed by atoms with Crippen LogP contribution in [0, 0.1) is 0 Å². The zero-order valence-electron chi connectivity index (χ0n) is 7.00. The molecule has 2 heteroatoms. The van der Waals surface area contributed by atoms with E-state index >= 15 is 0 Å². The Balaban J connectivity index is 3.03. The maximum atomic E-state index is 9.21. The van der Waals surface area contributed by atoms with Crippen molar-refractivity contribution in [3.8, 4) is 0 Å². The molecule has 0 aliphatic heterocycles. The summed E-state index contributed by atoms with van der Waals surface area (Å²) >= 11 is 0. The molecule has 0 aromatic heterocycles. The lowest BCUT2D eigenvalue weighted by Gasteiger charge is -2.05. The number of rotatable bonds is 7. The molecule has 0 amide bonds. The van der Waals surface area contributed by atoms with E-state index in [0.29, 0.717) is 6.42 Å². The van der Waals surface area contributed by atoms with E-state index in [9.17, 15) is 5.11 Å². The van der Waals surface area contributed by atoms with Crippen LogP contribution in [0.4, 0.5) is 0 Å². The van der Waals surface area contributed by atoms with Crippen LogP contribution in [0.3, 0.4) is 0 Å². The first-order chi connectivity index (χ1) is 5.31. The van der Waals surface area contributed by atoms with Gasteiger partial charge < -0.3 is 10.2 Å². The summed E-state index contributed by atoms with van der Waals surface area (Å²) in [7, 11) is 0. The van der Waals surface area contributed by atoms with Gasteiger partial charge >= 0.3 is 0 Å². The second-order valence-electron chi connectivity index (χ2n) is 2.75. The van der Waals surface area contributed by atoms with Gasteiger partial charge in [-0.05, 0) is 19.3 Å². The maximum absolute atomic E-state index is 9.21. The topological polar surface area (TPSA) is 40.5 Å². The Labute approximate surface area is 68.6 Å². The first kappa shape index (κ1) is 10.7. The van der Waals surface area contributed by atoms with E-state index in [4.69, 9.17) is 5.11 Å². The predicted molar refractivity (Wildman–Crippen MR) is 46.4 cm³/mol. The fraction of sp³-hybridized carbons (Fsp3) is 0.778.